The molecule has 0 heterocycles. The molecule has 0 atom stereocenters. The summed E-state index contributed by atoms with van der Waals surface area (Å²) in [4.78, 5) is 0. The van der Waals surface area contributed by atoms with Crippen molar-refractivity contribution in [2.75, 3.05) is 12.3 Å². The minimum Gasteiger partial charge on any atom is -0.330 e. The molecule has 3 N–H and O–H groups in total. The number of nitrogens with two attached hydrogens (primary N) is 1. The molecule has 5 nitrogen and oxygen atoms in total. The number of unbranched alkanes of at least 4 members (excludes halogenated alkanes) is 4. The van der Waals surface area contributed by atoms with Crippen LogP contribution >= 0.6 is 12.0 Å². The van der Waals surface area contributed by atoms with Gasteiger partial charge in [0.1, 0.15) is 0 Å². The SMILES string of the molecule is NCCCCCCCSOS(=O)(=O)O. The zero-order chi connectivity index (χ0) is 10.9. The normalized spacial score (nSPS) is 11.9. The Morgan fingerprint density at radius 1 is 1.14 bits per heavy atom. The Labute approximate surface area is 89.6 Å². The summed E-state index contributed by atoms with van der Waals surface area (Å²) in [5, 5.41) is 0. The van der Waals surface area contributed by atoms with Gasteiger partial charge in [0.25, 0.3) is 0 Å². The van der Waals surface area contributed by atoms with Crippen LogP contribution in [0.2, 0.25) is 0 Å². The summed E-state index contributed by atoms with van der Waals surface area (Å²) in [6.45, 7) is 0.723. The first kappa shape index (κ1) is 14.2. The second-order valence-electron chi connectivity index (χ2n) is 2.87. The standard InChI is InChI=1S/C7H17NO4S2/c8-6-4-2-1-3-5-7-13-12-14(9,10)11/h1-8H2,(H,9,10,11). The van der Waals surface area contributed by atoms with Gasteiger partial charge in [-0.15, -0.1) is 0 Å². The van der Waals surface area contributed by atoms with Crippen molar-refractivity contribution in [1.29, 1.82) is 0 Å². The van der Waals surface area contributed by atoms with Gasteiger partial charge in [-0.25, -0.2) is 0 Å². The Balaban J connectivity index is 3.07. The van der Waals surface area contributed by atoms with Crippen LogP contribution in [0.5, 0.6) is 0 Å². The van der Waals surface area contributed by atoms with Crippen LogP contribution in [0.25, 0.3) is 0 Å². The smallest absolute Gasteiger partial charge is 0.330 e. The Kier molecular flexibility index (Phi) is 8.59. The molecule has 0 radical (unpaired) electrons. The van der Waals surface area contributed by atoms with E-state index in [4.69, 9.17) is 10.3 Å². The third-order valence-corrected chi connectivity index (χ3v) is 3.09. The Hall–Kier alpha value is 0.180. The highest BCUT2D eigenvalue weighted by Crippen LogP contribution is 2.11. The quantitative estimate of drug-likeness (QED) is 0.361. The van der Waals surface area contributed by atoms with Gasteiger partial charge in [0.15, 0.2) is 0 Å². The molecule has 0 aromatic heterocycles. The molecule has 0 spiro atoms. The second-order valence-corrected chi connectivity index (χ2v) is 4.92. The highest BCUT2D eigenvalue weighted by atomic mass is 32.3. The number of hydrogen-bond donors (Lipinski definition) is 2. The summed E-state index contributed by atoms with van der Waals surface area (Å²) in [5.41, 5.74) is 5.32. The lowest BCUT2D eigenvalue weighted by atomic mass is 10.2. The summed E-state index contributed by atoms with van der Waals surface area (Å²) >= 11 is 0.761. The third kappa shape index (κ3) is 12.2. The predicted molar refractivity (Wildman–Crippen MR) is 57.2 cm³/mol. The summed E-state index contributed by atoms with van der Waals surface area (Å²) in [7, 11) is -4.28. The van der Waals surface area contributed by atoms with Crippen molar-refractivity contribution in [3.05, 3.63) is 0 Å². The Morgan fingerprint density at radius 3 is 2.29 bits per heavy atom. The average molecular weight is 243 g/mol. The summed E-state index contributed by atoms with van der Waals surface area (Å²) in [5.74, 6) is 0.572. The fourth-order valence-corrected chi connectivity index (χ4v) is 2.01. The van der Waals surface area contributed by atoms with E-state index in [1.165, 1.54) is 0 Å². The van der Waals surface area contributed by atoms with Crippen LogP contribution in [0.15, 0.2) is 0 Å². The van der Waals surface area contributed by atoms with E-state index in [-0.39, 0.29) is 0 Å². The van der Waals surface area contributed by atoms with Gasteiger partial charge in [0, 0.05) is 17.8 Å². The van der Waals surface area contributed by atoms with Crippen molar-refractivity contribution >= 4 is 22.4 Å². The van der Waals surface area contributed by atoms with Crippen molar-refractivity contribution in [1.82, 2.24) is 0 Å². The monoisotopic (exact) mass is 243 g/mol. The largest absolute Gasteiger partial charge is 0.408 e. The van der Waals surface area contributed by atoms with Gasteiger partial charge in [-0.3, -0.25) is 4.55 Å². The fraction of sp³-hybridized carbons (Fsp3) is 1.00. The molecule has 0 unspecified atom stereocenters. The van der Waals surface area contributed by atoms with E-state index in [0.29, 0.717) is 5.75 Å². The van der Waals surface area contributed by atoms with Crippen molar-refractivity contribution in [3.63, 3.8) is 0 Å². The Morgan fingerprint density at radius 2 is 1.71 bits per heavy atom. The van der Waals surface area contributed by atoms with Gasteiger partial charge in [0.2, 0.25) is 0 Å². The molecule has 0 amide bonds. The number of rotatable bonds is 9. The predicted octanol–water partition coefficient (Wildman–Crippen LogP) is 1.36. The van der Waals surface area contributed by atoms with Gasteiger partial charge >= 0.3 is 10.4 Å². The molecule has 86 valence electrons. The molecule has 0 aliphatic rings. The van der Waals surface area contributed by atoms with Crippen molar-refractivity contribution in [2.24, 2.45) is 5.73 Å². The lowest BCUT2D eigenvalue weighted by Crippen LogP contribution is -1.98. The van der Waals surface area contributed by atoms with Crippen LogP contribution < -0.4 is 5.73 Å². The molecular formula is C7H17NO4S2. The Bertz CT molecular complexity index is 218. The zero-order valence-electron chi connectivity index (χ0n) is 8.02. The minimum atomic E-state index is -4.28. The maximum Gasteiger partial charge on any atom is 0.408 e. The lowest BCUT2D eigenvalue weighted by molar-refractivity contribution is 0.407. The van der Waals surface area contributed by atoms with E-state index in [2.05, 4.69) is 3.63 Å². The fourth-order valence-electron chi connectivity index (χ4n) is 0.930. The average Bonchev–Trinajstić information content (AvgIpc) is 2.08. The second kappa shape index (κ2) is 8.49. The van der Waals surface area contributed by atoms with Crippen LogP contribution in [0.3, 0.4) is 0 Å². The van der Waals surface area contributed by atoms with Gasteiger partial charge in [0.05, 0.1) is 0 Å². The molecule has 0 aliphatic heterocycles. The maximum atomic E-state index is 10.1. The number of hydrogen-bond acceptors (Lipinski definition) is 5. The third-order valence-electron chi connectivity index (χ3n) is 1.57. The van der Waals surface area contributed by atoms with Crippen LogP contribution in [0, 0.1) is 0 Å². The van der Waals surface area contributed by atoms with E-state index in [1.54, 1.807) is 0 Å². The van der Waals surface area contributed by atoms with Crippen molar-refractivity contribution < 1.29 is 16.6 Å². The maximum absolute atomic E-state index is 10.1. The highest BCUT2D eigenvalue weighted by Gasteiger charge is 2.03. The topological polar surface area (TPSA) is 89.6 Å². The molecule has 0 bridgehead atoms. The molecule has 7 heteroatoms. The van der Waals surface area contributed by atoms with Crippen LogP contribution in [0.1, 0.15) is 32.1 Å². The molecular weight excluding hydrogens is 226 g/mol. The highest BCUT2D eigenvalue weighted by molar-refractivity contribution is 8.02. The van der Waals surface area contributed by atoms with E-state index < -0.39 is 10.4 Å². The summed E-state index contributed by atoms with van der Waals surface area (Å²) < 4.78 is 32.5. The van der Waals surface area contributed by atoms with Crippen LogP contribution in [-0.2, 0) is 14.0 Å². The van der Waals surface area contributed by atoms with Gasteiger partial charge < -0.3 is 5.73 Å². The van der Waals surface area contributed by atoms with Crippen molar-refractivity contribution in [3.8, 4) is 0 Å². The van der Waals surface area contributed by atoms with E-state index in [0.717, 1.165) is 50.7 Å². The van der Waals surface area contributed by atoms with E-state index >= 15 is 0 Å². The molecule has 0 aliphatic carbocycles. The molecule has 0 saturated carbocycles. The van der Waals surface area contributed by atoms with E-state index in [9.17, 15) is 8.42 Å². The molecule has 0 rings (SSSR count). The molecule has 14 heavy (non-hydrogen) atoms. The first-order valence-corrected chi connectivity index (χ1v) is 6.82. The van der Waals surface area contributed by atoms with Gasteiger partial charge in [-0.1, -0.05) is 19.3 Å². The summed E-state index contributed by atoms with van der Waals surface area (Å²) in [6.07, 6.45) is 5.16. The van der Waals surface area contributed by atoms with Crippen LogP contribution in [-0.4, -0.2) is 25.3 Å². The minimum absolute atomic E-state index is 0.572. The molecule has 0 aromatic rings. The lowest BCUT2D eigenvalue weighted by Gasteiger charge is -1.99. The first-order chi connectivity index (χ1) is 6.56. The van der Waals surface area contributed by atoms with Crippen LogP contribution in [0.4, 0.5) is 0 Å². The molecule has 0 aromatic carbocycles. The van der Waals surface area contributed by atoms with Crippen molar-refractivity contribution in [2.45, 2.75) is 32.1 Å². The molecule has 0 fully saturated rings. The zero-order valence-corrected chi connectivity index (χ0v) is 9.65. The van der Waals surface area contributed by atoms with E-state index in [1.807, 2.05) is 0 Å². The van der Waals surface area contributed by atoms with Gasteiger partial charge in [-0.05, 0) is 19.4 Å². The molecule has 0 saturated heterocycles. The summed E-state index contributed by atoms with van der Waals surface area (Å²) in [6, 6.07) is 0. The van der Waals surface area contributed by atoms with Gasteiger partial charge in [-0.2, -0.15) is 12.0 Å². The first-order valence-electron chi connectivity index (χ1n) is 4.55.